The molecule has 0 aromatic carbocycles. The van der Waals surface area contributed by atoms with Crippen LogP contribution in [-0.4, -0.2) is 100 Å². The molecule has 1 heterocycles. The summed E-state index contributed by atoms with van der Waals surface area (Å²) in [6.45, 7) is 9.32. The number of carbonyl (C=O) groups excluding carboxylic acids is 1. The molecule has 2 fully saturated rings. The van der Waals surface area contributed by atoms with Crippen molar-refractivity contribution in [2.45, 2.75) is 57.8 Å². The van der Waals surface area contributed by atoms with Crippen LogP contribution >= 0.6 is 0 Å². The Kier molecular flexibility index (Phi) is 7.04. The van der Waals surface area contributed by atoms with Gasteiger partial charge in [0, 0.05) is 44.3 Å². The van der Waals surface area contributed by atoms with Gasteiger partial charge in [0.05, 0.1) is 12.6 Å². The fourth-order valence-electron chi connectivity index (χ4n) is 3.73. The zero-order chi connectivity index (χ0) is 18.6. The smallest absolute Gasteiger partial charge is 0.317 e. The molecule has 0 bridgehead atoms. The van der Waals surface area contributed by atoms with Gasteiger partial charge in [-0.3, -0.25) is 14.6 Å². The van der Waals surface area contributed by atoms with E-state index in [2.05, 4.69) is 17.1 Å². The SMILES string of the molecule is CCN(CC(=O)O)C1CC(NC(=O)N2CCN(CC(C)O)C(C)C2)C1. The second-order valence-corrected chi connectivity index (χ2v) is 7.37. The number of likely N-dealkylation sites (N-methyl/N-ethyl adjacent to an activating group) is 1. The molecule has 2 atom stereocenters. The first-order chi connectivity index (χ1) is 11.8. The van der Waals surface area contributed by atoms with Crippen molar-refractivity contribution in [2.75, 3.05) is 39.3 Å². The number of amides is 2. The van der Waals surface area contributed by atoms with Crippen molar-refractivity contribution >= 4 is 12.0 Å². The summed E-state index contributed by atoms with van der Waals surface area (Å²) in [5.74, 6) is -0.807. The summed E-state index contributed by atoms with van der Waals surface area (Å²) in [7, 11) is 0. The third-order valence-corrected chi connectivity index (χ3v) is 5.25. The van der Waals surface area contributed by atoms with Crippen molar-refractivity contribution in [3.63, 3.8) is 0 Å². The Morgan fingerprint density at radius 1 is 1.32 bits per heavy atom. The summed E-state index contributed by atoms with van der Waals surface area (Å²) in [6, 6.07) is 0.571. The van der Waals surface area contributed by atoms with E-state index in [4.69, 9.17) is 5.11 Å². The molecule has 3 N–H and O–H groups in total. The van der Waals surface area contributed by atoms with Crippen molar-refractivity contribution in [2.24, 2.45) is 0 Å². The van der Waals surface area contributed by atoms with Crippen LogP contribution in [0.1, 0.15) is 33.6 Å². The number of carboxylic acid groups (broad SMARTS) is 1. The molecule has 8 heteroatoms. The van der Waals surface area contributed by atoms with Crippen molar-refractivity contribution in [1.82, 2.24) is 20.0 Å². The summed E-state index contributed by atoms with van der Waals surface area (Å²) in [6.07, 6.45) is 1.26. The van der Waals surface area contributed by atoms with Gasteiger partial charge in [0.2, 0.25) is 0 Å². The van der Waals surface area contributed by atoms with E-state index in [-0.39, 0.29) is 36.8 Å². The summed E-state index contributed by atoms with van der Waals surface area (Å²) < 4.78 is 0. The van der Waals surface area contributed by atoms with E-state index >= 15 is 0 Å². The number of aliphatic hydroxyl groups excluding tert-OH is 1. The number of piperazine rings is 1. The molecule has 1 saturated heterocycles. The lowest BCUT2D eigenvalue weighted by Crippen LogP contribution is -2.60. The summed E-state index contributed by atoms with van der Waals surface area (Å²) in [5, 5.41) is 21.5. The van der Waals surface area contributed by atoms with E-state index in [1.54, 1.807) is 6.92 Å². The largest absolute Gasteiger partial charge is 0.480 e. The molecule has 2 rings (SSSR count). The molecule has 25 heavy (non-hydrogen) atoms. The summed E-state index contributed by atoms with van der Waals surface area (Å²) >= 11 is 0. The maximum absolute atomic E-state index is 12.4. The van der Waals surface area contributed by atoms with Crippen molar-refractivity contribution in [3.8, 4) is 0 Å². The minimum atomic E-state index is -0.807. The van der Waals surface area contributed by atoms with E-state index in [1.165, 1.54) is 0 Å². The van der Waals surface area contributed by atoms with Gasteiger partial charge in [-0.2, -0.15) is 0 Å². The molecule has 0 spiro atoms. The van der Waals surface area contributed by atoms with Crippen LogP contribution in [-0.2, 0) is 4.79 Å². The number of aliphatic carboxylic acids is 1. The first kappa shape index (κ1) is 19.9. The molecule has 144 valence electrons. The maximum Gasteiger partial charge on any atom is 0.317 e. The second kappa shape index (κ2) is 8.82. The zero-order valence-corrected chi connectivity index (χ0v) is 15.5. The topological polar surface area (TPSA) is 96.4 Å². The van der Waals surface area contributed by atoms with E-state index in [0.717, 1.165) is 19.4 Å². The lowest BCUT2D eigenvalue weighted by molar-refractivity contribution is -0.139. The van der Waals surface area contributed by atoms with Gasteiger partial charge in [-0.05, 0) is 33.2 Å². The molecule has 2 aliphatic rings. The maximum atomic E-state index is 12.4. The van der Waals surface area contributed by atoms with Crippen LogP contribution in [0.15, 0.2) is 0 Å². The fourth-order valence-corrected chi connectivity index (χ4v) is 3.73. The molecule has 8 nitrogen and oxygen atoms in total. The van der Waals surface area contributed by atoms with Crippen molar-refractivity contribution < 1.29 is 19.8 Å². The van der Waals surface area contributed by atoms with Crippen molar-refractivity contribution in [3.05, 3.63) is 0 Å². The average Bonchev–Trinajstić information content (AvgIpc) is 2.49. The quantitative estimate of drug-likeness (QED) is 0.595. The monoisotopic (exact) mass is 356 g/mol. The molecule has 1 aliphatic carbocycles. The van der Waals surface area contributed by atoms with Crippen molar-refractivity contribution in [1.29, 1.82) is 0 Å². The van der Waals surface area contributed by atoms with Gasteiger partial charge in [-0.15, -0.1) is 0 Å². The normalized spacial score (nSPS) is 28.5. The van der Waals surface area contributed by atoms with Crippen LogP contribution in [0.3, 0.4) is 0 Å². The third kappa shape index (κ3) is 5.55. The van der Waals surface area contributed by atoms with Crippen LogP contribution in [0.5, 0.6) is 0 Å². The third-order valence-electron chi connectivity index (χ3n) is 5.25. The lowest BCUT2D eigenvalue weighted by atomic mass is 9.85. The fraction of sp³-hybridized carbons (Fsp3) is 0.882. The van der Waals surface area contributed by atoms with E-state index < -0.39 is 5.97 Å². The molecule has 1 aliphatic heterocycles. The molecule has 0 aromatic rings. The molecular weight excluding hydrogens is 324 g/mol. The molecule has 2 amide bonds. The highest BCUT2D eigenvalue weighted by Gasteiger charge is 2.36. The molecule has 0 radical (unpaired) electrons. The van der Waals surface area contributed by atoms with E-state index in [1.807, 2.05) is 16.7 Å². The predicted octanol–water partition coefficient (Wildman–Crippen LogP) is 0.0204. The van der Waals surface area contributed by atoms with Crippen LogP contribution in [0.25, 0.3) is 0 Å². The van der Waals surface area contributed by atoms with Crippen LogP contribution in [0.4, 0.5) is 4.79 Å². The molecule has 0 aromatic heterocycles. The van der Waals surface area contributed by atoms with Gasteiger partial charge in [0.1, 0.15) is 0 Å². The summed E-state index contributed by atoms with van der Waals surface area (Å²) in [5.41, 5.74) is 0. The Balaban J connectivity index is 1.72. The van der Waals surface area contributed by atoms with Gasteiger partial charge in [0.15, 0.2) is 0 Å². The first-order valence-corrected chi connectivity index (χ1v) is 9.23. The number of carbonyl (C=O) groups is 2. The number of carboxylic acids is 1. The Labute approximate surface area is 149 Å². The highest BCUT2D eigenvalue weighted by Crippen LogP contribution is 2.26. The number of nitrogens with zero attached hydrogens (tertiary/aromatic N) is 3. The second-order valence-electron chi connectivity index (χ2n) is 7.37. The summed E-state index contributed by atoms with van der Waals surface area (Å²) in [4.78, 5) is 29.3. The van der Waals surface area contributed by atoms with Gasteiger partial charge >= 0.3 is 12.0 Å². The minimum Gasteiger partial charge on any atom is -0.480 e. The molecular formula is C17H32N4O4. The highest BCUT2D eigenvalue weighted by atomic mass is 16.4. The number of nitrogens with one attached hydrogen (secondary N) is 1. The predicted molar refractivity (Wildman–Crippen MR) is 94.5 cm³/mol. The molecule has 1 saturated carbocycles. The van der Waals surface area contributed by atoms with Gasteiger partial charge < -0.3 is 20.4 Å². The van der Waals surface area contributed by atoms with Crippen LogP contribution < -0.4 is 5.32 Å². The number of hydrogen-bond donors (Lipinski definition) is 3. The van der Waals surface area contributed by atoms with Crippen LogP contribution in [0, 0.1) is 0 Å². The number of rotatable bonds is 7. The number of urea groups is 1. The standard InChI is InChI=1S/C17H32N4O4/c1-4-19(11-16(23)24)15-7-14(8-15)18-17(25)21-6-5-20(10-13(3)22)12(2)9-21/h12-15,22H,4-11H2,1-3H3,(H,18,25)(H,23,24). The molecule has 2 unspecified atom stereocenters. The Morgan fingerprint density at radius 3 is 2.52 bits per heavy atom. The minimum absolute atomic E-state index is 0.0340. The number of β-amino-alcohol motifs (C(OH)–C–C–N with tert-alkyl or cyclic N) is 1. The highest BCUT2D eigenvalue weighted by molar-refractivity contribution is 5.75. The Hall–Kier alpha value is -1.38. The van der Waals surface area contributed by atoms with Gasteiger partial charge in [0.25, 0.3) is 0 Å². The zero-order valence-electron chi connectivity index (χ0n) is 15.5. The average molecular weight is 356 g/mol. The first-order valence-electron chi connectivity index (χ1n) is 9.23. The van der Waals surface area contributed by atoms with Gasteiger partial charge in [-0.25, -0.2) is 4.79 Å². The van der Waals surface area contributed by atoms with Gasteiger partial charge in [-0.1, -0.05) is 6.92 Å². The van der Waals surface area contributed by atoms with Crippen LogP contribution in [0.2, 0.25) is 0 Å². The Bertz CT molecular complexity index is 468. The Morgan fingerprint density at radius 2 is 2.00 bits per heavy atom. The lowest BCUT2D eigenvalue weighted by Gasteiger charge is -2.44. The van der Waals surface area contributed by atoms with E-state index in [0.29, 0.717) is 26.2 Å². The number of hydrogen-bond acceptors (Lipinski definition) is 5. The van der Waals surface area contributed by atoms with E-state index in [9.17, 15) is 14.7 Å². The number of aliphatic hydroxyl groups is 1.